The molecule has 0 bridgehead atoms. The number of fused-ring (bicyclic) bond motifs is 1. The molecular weight excluding hydrogens is 318 g/mol. The zero-order chi connectivity index (χ0) is 15.4. The zero-order valence-electron chi connectivity index (χ0n) is 11.5. The molecule has 0 aliphatic carbocycles. The number of nitrogens with zero attached hydrogens (tertiary/aromatic N) is 2. The predicted octanol–water partition coefficient (Wildman–Crippen LogP) is 1.36. The molecule has 1 N–H and O–H groups in total. The van der Waals surface area contributed by atoms with E-state index in [1.165, 1.54) is 29.8 Å². The van der Waals surface area contributed by atoms with Gasteiger partial charge in [0.25, 0.3) is 5.91 Å². The number of ether oxygens (including phenoxy) is 2. The normalized spacial score (nSPS) is 12.3. The van der Waals surface area contributed by atoms with Crippen LogP contribution in [0.3, 0.4) is 0 Å². The number of esters is 1. The van der Waals surface area contributed by atoms with Crippen LogP contribution in [0, 0.1) is 0 Å². The van der Waals surface area contributed by atoms with Gasteiger partial charge in [-0.1, -0.05) is 11.6 Å². The average molecular weight is 332 g/mol. The van der Waals surface area contributed by atoms with E-state index in [1.807, 2.05) is 0 Å². The number of halogens is 1. The molecule has 0 saturated heterocycles. The number of hydrogen-bond donors (Lipinski definition) is 1. The minimum atomic E-state index is -0.936. The first kappa shape index (κ1) is 15.7. The number of thiazole rings is 1. The Morgan fingerprint density at radius 3 is 3.05 bits per heavy atom. The monoisotopic (exact) mass is 331 g/mol. The summed E-state index contributed by atoms with van der Waals surface area (Å²) in [5, 5.41) is 4.41. The summed E-state index contributed by atoms with van der Waals surface area (Å²) in [6.45, 7) is 2.22. The lowest BCUT2D eigenvalue weighted by Crippen LogP contribution is -2.37. The first-order chi connectivity index (χ1) is 10.0. The maximum Gasteiger partial charge on any atom is 0.359 e. The number of carbonyl (C=O) groups is 2. The van der Waals surface area contributed by atoms with Crippen molar-refractivity contribution in [2.45, 2.75) is 13.0 Å². The van der Waals surface area contributed by atoms with Gasteiger partial charge in [0, 0.05) is 25.2 Å². The van der Waals surface area contributed by atoms with Crippen molar-refractivity contribution in [3.8, 4) is 0 Å². The Labute approximate surface area is 129 Å². The number of aromatic nitrogens is 2. The molecule has 1 amide bonds. The second-order valence-electron chi connectivity index (χ2n) is 4.14. The molecule has 0 aliphatic rings. The van der Waals surface area contributed by atoms with E-state index in [-0.39, 0.29) is 10.8 Å². The molecule has 0 fully saturated rings. The first-order valence-corrected chi connectivity index (χ1v) is 7.39. The molecule has 1 atom stereocenters. The van der Waals surface area contributed by atoms with E-state index in [1.54, 1.807) is 11.6 Å². The third kappa shape index (κ3) is 3.52. The van der Waals surface area contributed by atoms with Gasteiger partial charge in [0.05, 0.1) is 6.61 Å². The molecule has 0 aromatic carbocycles. The molecule has 2 rings (SSSR count). The molecule has 0 radical (unpaired) electrons. The fraction of sp³-hybridized carbons (Fsp3) is 0.417. The number of amides is 1. The number of methoxy groups -OCH3 is 1. The summed E-state index contributed by atoms with van der Waals surface area (Å²) < 4.78 is 11.5. The zero-order valence-corrected chi connectivity index (χ0v) is 13.0. The third-order valence-electron chi connectivity index (χ3n) is 2.67. The molecule has 2 aromatic rings. The molecule has 0 aliphatic heterocycles. The Kier molecular flexibility index (Phi) is 5.16. The van der Waals surface area contributed by atoms with E-state index in [0.717, 1.165) is 0 Å². The van der Waals surface area contributed by atoms with Gasteiger partial charge in [0.15, 0.2) is 21.9 Å². The molecular formula is C12H14ClN3O4S. The van der Waals surface area contributed by atoms with Crippen molar-refractivity contribution >= 4 is 39.8 Å². The molecule has 0 unspecified atom stereocenters. The van der Waals surface area contributed by atoms with Crippen molar-refractivity contribution in [3.05, 3.63) is 22.4 Å². The van der Waals surface area contributed by atoms with E-state index >= 15 is 0 Å². The van der Waals surface area contributed by atoms with Gasteiger partial charge >= 0.3 is 5.97 Å². The van der Waals surface area contributed by atoms with Gasteiger partial charge in [-0.3, -0.25) is 9.20 Å². The van der Waals surface area contributed by atoms with Crippen LogP contribution in [0.2, 0.25) is 5.15 Å². The Bertz CT molecular complexity index is 654. The van der Waals surface area contributed by atoms with Crippen LogP contribution >= 0.6 is 22.9 Å². The van der Waals surface area contributed by atoms with Crippen molar-refractivity contribution in [1.82, 2.24) is 14.7 Å². The molecule has 0 saturated carbocycles. The standard InChI is InChI=1S/C12H14ClN3O4S/c1-7(10(17)14-3-5-19-2)20-11(18)8-9(13)15-12-16(8)4-6-21-12/h4,6-7H,3,5H2,1-2H3,(H,14,17)/t7-/m0/s1. The molecule has 2 aromatic heterocycles. The van der Waals surface area contributed by atoms with Crippen molar-refractivity contribution in [2.24, 2.45) is 0 Å². The van der Waals surface area contributed by atoms with Gasteiger partial charge < -0.3 is 14.8 Å². The molecule has 2 heterocycles. The van der Waals surface area contributed by atoms with Gasteiger partial charge in [0.1, 0.15) is 0 Å². The number of rotatable bonds is 6. The van der Waals surface area contributed by atoms with E-state index in [2.05, 4.69) is 10.3 Å². The van der Waals surface area contributed by atoms with Crippen LogP contribution in [0.25, 0.3) is 4.96 Å². The molecule has 7 nitrogen and oxygen atoms in total. The highest BCUT2D eigenvalue weighted by molar-refractivity contribution is 7.15. The van der Waals surface area contributed by atoms with Crippen LogP contribution in [0.4, 0.5) is 0 Å². The van der Waals surface area contributed by atoms with Crippen molar-refractivity contribution in [1.29, 1.82) is 0 Å². The highest BCUT2D eigenvalue weighted by Gasteiger charge is 2.24. The fourth-order valence-electron chi connectivity index (χ4n) is 1.63. The van der Waals surface area contributed by atoms with Gasteiger partial charge in [-0.05, 0) is 6.92 Å². The Morgan fingerprint density at radius 2 is 2.33 bits per heavy atom. The summed E-state index contributed by atoms with van der Waals surface area (Å²) in [7, 11) is 1.53. The summed E-state index contributed by atoms with van der Waals surface area (Å²) in [4.78, 5) is 28.5. The summed E-state index contributed by atoms with van der Waals surface area (Å²) in [6, 6.07) is 0. The van der Waals surface area contributed by atoms with Gasteiger partial charge in [-0.25, -0.2) is 9.78 Å². The fourth-order valence-corrected chi connectivity index (χ4v) is 2.64. The quantitative estimate of drug-likeness (QED) is 0.638. The van der Waals surface area contributed by atoms with Crippen LogP contribution in [0.1, 0.15) is 17.4 Å². The topological polar surface area (TPSA) is 81.9 Å². The lowest BCUT2D eigenvalue weighted by atomic mass is 10.3. The van der Waals surface area contributed by atoms with Gasteiger partial charge in [-0.15, -0.1) is 11.3 Å². The van der Waals surface area contributed by atoms with Crippen LogP contribution in [-0.2, 0) is 14.3 Å². The van der Waals surface area contributed by atoms with Crippen molar-refractivity contribution in [2.75, 3.05) is 20.3 Å². The highest BCUT2D eigenvalue weighted by atomic mass is 35.5. The Morgan fingerprint density at radius 1 is 1.57 bits per heavy atom. The summed E-state index contributed by atoms with van der Waals surface area (Å²) in [5.41, 5.74) is 0.115. The predicted molar refractivity (Wildman–Crippen MR) is 77.8 cm³/mol. The number of hydrogen-bond acceptors (Lipinski definition) is 6. The molecule has 9 heteroatoms. The minimum Gasteiger partial charge on any atom is -0.448 e. The largest absolute Gasteiger partial charge is 0.448 e. The van der Waals surface area contributed by atoms with E-state index in [4.69, 9.17) is 21.1 Å². The SMILES string of the molecule is COCCNC(=O)[C@H](C)OC(=O)c1c(Cl)nc2sccn12. The minimum absolute atomic E-state index is 0.0545. The van der Waals surface area contributed by atoms with Gasteiger partial charge in [-0.2, -0.15) is 0 Å². The lowest BCUT2D eigenvalue weighted by Gasteiger charge is -2.13. The first-order valence-electron chi connectivity index (χ1n) is 6.13. The van der Waals surface area contributed by atoms with Gasteiger partial charge in [0.2, 0.25) is 0 Å². The van der Waals surface area contributed by atoms with Crippen molar-refractivity contribution in [3.63, 3.8) is 0 Å². The number of imidazole rings is 1. The van der Waals surface area contributed by atoms with E-state index in [0.29, 0.717) is 18.1 Å². The summed E-state index contributed by atoms with van der Waals surface area (Å²) in [5.74, 6) is -1.09. The second kappa shape index (κ2) is 6.88. The van der Waals surface area contributed by atoms with Crippen LogP contribution < -0.4 is 5.32 Å². The Balaban J connectivity index is 2.02. The lowest BCUT2D eigenvalue weighted by molar-refractivity contribution is -0.129. The molecule has 0 spiro atoms. The highest BCUT2D eigenvalue weighted by Crippen LogP contribution is 2.22. The van der Waals surface area contributed by atoms with Crippen LogP contribution in [0.5, 0.6) is 0 Å². The van der Waals surface area contributed by atoms with E-state index < -0.39 is 18.0 Å². The van der Waals surface area contributed by atoms with Crippen molar-refractivity contribution < 1.29 is 19.1 Å². The maximum atomic E-state index is 12.1. The smallest absolute Gasteiger partial charge is 0.359 e. The Hall–Kier alpha value is -1.64. The third-order valence-corrected chi connectivity index (χ3v) is 3.69. The number of nitrogens with one attached hydrogen (secondary N) is 1. The molecule has 21 heavy (non-hydrogen) atoms. The maximum absolute atomic E-state index is 12.1. The van der Waals surface area contributed by atoms with Crippen LogP contribution in [0.15, 0.2) is 11.6 Å². The average Bonchev–Trinajstić information content (AvgIpc) is 2.98. The second-order valence-corrected chi connectivity index (χ2v) is 5.37. The van der Waals surface area contributed by atoms with E-state index in [9.17, 15) is 9.59 Å². The molecule has 114 valence electrons. The van der Waals surface area contributed by atoms with Crippen LogP contribution in [-0.4, -0.2) is 47.6 Å². The summed E-state index contributed by atoms with van der Waals surface area (Å²) in [6.07, 6.45) is 0.730. The summed E-state index contributed by atoms with van der Waals surface area (Å²) >= 11 is 7.27. The number of carbonyl (C=O) groups excluding carboxylic acids is 2.